The molecule has 1 amide bonds. The van der Waals surface area contributed by atoms with Crippen molar-refractivity contribution in [1.82, 2.24) is 10.2 Å². The lowest BCUT2D eigenvalue weighted by Crippen LogP contribution is -2.12. The summed E-state index contributed by atoms with van der Waals surface area (Å²) >= 11 is 1.53. The van der Waals surface area contributed by atoms with Crippen LogP contribution in [0.2, 0.25) is 0 Å². The van der Waals surface area contributed by atoms with Gasteiger partial charge in [-0.1, -0.05) is 6.07 Å². The van der Waals surface area contributed by atoms with Crippen molar-refractivity contribution in [3.05, 3.63) is 47.7 Å². The van der Waals surface area contributed by atoms with Crippen molar-refractivity contribution in [1.29, 1.82) is 0 Å². The molecule has 130 valence electrons. The monoisotopic (exact) mass is 357 g/mol. The molecule has 3 aromatic rings. The maximum atomic E-state index is 12.1. The van der Waals surface area contributed by atoms with Crippen LogP contribution >= 0.6 is 11.3 Å². The van der Waals surface area contributed by atoms with Crippen LogP contribution in [0.1, 0.15) is 26.2 Å². The van der Waals surface area contributed by atoms with Gasteiger partial charge >= 0.3 is 0 Å². The largest absolute Gasteiger partial charge is 0.491 e. The number of rotatable bonds is 7. The van der Waals surface area contributed by atoms with E-state index in [0.29, 0.717) is 18.2 Å². The molecule has 0 aliphatic heterocycles. The number of hydrogen-bond acceptors (Lipinski definition) is 6. The van der Waals surface area contributed by atoms with Crippen LogP contribution in [-0.2, 0) is 11.2 Å². The molecule has 0 radical (unpaired) electrons. The Kier molecular flexibility index (Phi) is 5.45. The first-order chi connectivity index (χ1) is 12.1. The number of nitrogens with one attached hydrogen (secondary N) is 1. The number of hydrogen-bond donors (Lipinski definition) is 1. The minimum Gasteiger partial charge on any atom is -0.491 e. The smallest absolute Gasteiger partial charge is 0.257 e. The van der Waals surface area contributed by atoms with Crippen LogP contribution in [0.25, 0.3) is 10.8 Å². The third kappa shape index (κ3) is 4.90. The molecule has 0 spiro atoms. The van der Waals surface area contributed by atoms with Gasteiger partial charge in [0, 0.05) is 18.5 Å². The summed E-state index contributed by atoms with van der Waals surface area (Å²) in [6, 6.07) is 11.1. The Bertz CT molecular complexity index is 810. The fraction of sp³-hybridized carbons (Fsp3) is 0.278. The Balaban J connectivity index is 1.49. The van der Waals surface area contributed by atoms with Crippen molar-refractivity contribution in [2.24, 2.45) is 0 Å². The van der Waals surface area contributed by atoms with Crippen molar-refractivity contribution in [2.45, 2.75) is 32.8 Å². The zero-order valence-electron chi connectivity index (χ0n) is 14.1. The lowest BCUT2D eigenvalue weighted by Gasteiger charge is -2.10. The number of aromatic nitrogens is 2. The lowest BCUT2D eigenvalue weighted by molar-refractivity contribution is -0.116. The first-order valence-corrected chi connectivity index (χ1v) is 8.91. The predicted molar refractivity (Wildman–Crippen MR) is 96.8 cm³/mol. The van der Waals surface area contributed by atoms with Crippen molar-refractivity contribution in [2.75, 3.05) is 5.32 Å². The summed E-state index contributed by atoms with van der Waals surface area (Å²) < 4.78 is 11.1. The number of nitrogens with zero attached hydrogens (tertiary/aromatic N) is 2. The highest BCUT2D eigenvalue weighted by Crippen LogP contribution is 2.23. The number of anilines is 1. The van der Waals surface area contributed by atoms with Gasteiger partial charge in [-0.3, -0.25) is 4.79 Å². The fourth-order valence-corrected chi connectivity index (χ4v) is 2.83. The number of benzene rings is 1. The van der Waals surface area contributed by atoms with E-state index in [2.05, 4.69) is 15.5 Å². The lowest BCUT2D eigenvalue weighted by atomic mass is 10.2. The predicted octanol–water partition coefficient (Wildman–Crippen LogP) is 4.16. The van der Waals surface area contributed by atoms with Crippen molar-refractivity contribution in [3.63, 3.8) is 0 Å². The maximum Gasteiger partial charge on any atom is 0.257 e. The van der Waals surface area contributed by atoms with Gasteiger partial charge in [-0.15, -0.1) is 21.5 Å². The Morgan fingerprint density at radius 1 is 1.24 bits per heavy atom. The van der Waals surface area contributed by atoms with Gasteiger partial charge in [-0.2, -0.15) is 0 Å². The number of carbonyl (C=O) groups is 1. The molecule has 1 N–H and O–H groups in total. The molecule has 0 saturated carbocycles. The van der Waals surface area contributed by atoms with Gasteiger partial charge in [-0.25, -0.2) is 0 Å². The quantitative estimate of drug-likeness (QED) is 0.687. The second kappa shape index (κ2) is 7.94. The Morgan fingerprint density at radius 3 is 2.72 bits per heavy atom. The van der Waals surface area contributed by atoms with Crippen LogP contribution < -0.4 is 10.1 Å². The molecule has 1 aromatic carbocycles. The fourth-order valence-electron chi connectivity index (χ4n) is 2.19. The summed E-state index contributed by atoms with van der Waals surface area (Å²) in [6.45, 7) is 3.94. The molecule has 6 nitrogen and oxygen atoms in total. The van der Waals surface area contributed by atoms with Crippen molar-refractivity contribution in [3.8, 4) is 16.5 Å². The Hall–Kier alpha value is -2.67. The van der Waals surface area contributed by atoms with E-state index in [4.69, 9.17) is 9.15 Å². The van der Waals surface area contributed by atoms with E-state index < -0.39 is 0 Å². The van der Waals surface area contributed by atoms with E-state index in [-0.39, 0.29) is 18.4 Å². The van der Waals surface area contributed by atoms with E-state index >= 15 is 0 Å². The molecule has 0 saturated heterocycles. The van der Waals surface area contributed by atoms with Crippen molar-refractivity contribution >= 4 is 22.9 Å². The van der Waals surface area contributed by atoms with E-state index in [1.165, 1.54) is 11.3 Å². The van der Waals surface area contributed by atoms with E-state index in [0.717, 1.165) is 16.3 Å². The zero-order chi connectivity index (χ0) is 17.6. The second-order valence-corrected chi connectivity index (χ2v) is 6.67. The summed E-state index contributed by atoms with van der Waals surface area (Å²) in [5, 5.41) is 12.8. The van der Waals surface area contributed by atoms with Gasteiger partial charge in [-0.05, 0) is 49.6 Å². The molecule has 2 aromatic heterocycles. The highest BCUT2D eigenvalue weighted by molar-refractivity contribution is 7.13. The minimum absolute atomic E-state index is 0.103. The Labute approximate surface area is 149 Å². The van der Waals surface area contributed by atoms with Gasteiger partial charge in [0.1, 0.15) is 5.75 Å². The number of amides is 1. The number of thiophene rings is 1. The SMILES string of the molecule is CC(C)Oc1ccc(NC(=O)CCc2nnc(-c3cccs3)o2)cc1. The van der Waals surface area contributed by atoms with Crippen molar-refractivity contribution < 1.29 is 13.9 Å². The number of aryl methyl sites for hydroxylation is 1. The molecular formula is C18H19N3O3S. The highest BCUT2D eigenvalue weighted by atomic mass is 32.1. The first-order valence-electron chi connectivity index (χ1n) is 8.03. The summed E-state index contributed by atoms with van der Waals surface area (Å²) in [4.78, 5) is 13.0. The Morgan fingerprint density at radius 2 is 2.04 bits per heavy atom. The van der Waals surface area contributed by atoms with Gasteiger partial charge in [0.2, 0.25) is 11.8 Å². The van der Waals surface area contributed by atoms with Gasteiger partial charge in [0.05, 0.1) is 11.0 Å². The molecule has 0 bridgehead atoms. The average Bonchev–Trinajstić information content (AvgIpc) is 3.25. The van der Waals surface area contributed by atoms with E-state index in [1.54, 1.807) is 0 Å². The molecule has 0 aliphatic rings. The van der Waals surface area contributed by atoms with Crippen LogP contribution in [0.5, 0.6) is 5.75 Å². The molecule has 7 heteroatoms. The number of ether oxygens (including phenoxy) is 1. The molecule has 25 heavy (non-hydrogen) atoms. The van der Waals surface area contributed by atoms with Crippen LogP contribution in [0.4, 0.5) is 5.69 Å². The molecule has 0 aliphatic carbocycles. The van der Waals surface area contributed by atoms with E-state index in [1.807, 2.05) is 55.6 Å². The van der Waals surface area contributed by atoms with Gasteiger partial charge < -0.3 is 14.5 Å². The molecule has 0 atom stereocenters. The standard InChI is InChI=1S/C18H19N3O3S/c1-12(2)23-14-7-5-13(6-8-14)19-16(22)9-10-17-20-21-18(24-17)15-4-3-11-25-15/h3-8,11-12H,9-10H2,1-2H3,(H,19,22). The third-order valence-electron chi connectivity index (χ3n) is 3.27. The van der Waals surface area contributed by atoms with Gasteiger partial charge in [0.25, 0.3) is 5.89 Å². The minimum atomic E-state index is -0.103. The summed E-state index contributed by atoms with van der Waals surface area (Å²) in [5.41, 5.74) is 0.728. The van der Waals surface area contributed by atoms with E-state index in [9.17, 15) is 4.79 Å². The molecular weight excluding hydrogens is 338 g/mol. The normalized spacial score (nSPS) is 10.8. The first kappa shape index (κ1) is 17.2. The number of carbonyl (C=O) groups excluding carboxylic acids is 1. The van der Waals surface area contributed by atoms with Crippen LogP contribution in [0.15, 0.2) is 46.2 Å². The summed E-state index contributed by atoms with van der Waals surface area (Å²) in [6.07, 6.45) is 0.795. The highest BCUT2D eigenvalue weighted by Gasteiger charge is 2.11. The maximum absolute atomic E-state index is 12.1. The van der Waals surface area contributed by atoms with Gasteiger partial charge in [0.15, 0.2) is 0 Å². The zero-order valence-corrected chi connectivity index (χ0v) is 14.9. The van der Waals surface area contributed by atoms with Crippen LogP contribution in [0.3, 0.4) is 0 Å². The van der Waals surface area contributed by atoms with Crippen LogP contribution in [0, 0.1) is 0 Å². The molecule has 0 fully saturated rings. The molecule has 0 unspecified atom stereocenters. The van der Waals surface area contributed by atoms with Crippen LogP contribution in [-0.4, -0.2) is 22.2 Å². The molecule has 2 heterocycles. The summed E-state index contributed by atoms with van der Waals surface area (Å²) in [5.74, 6) is 1.62. The topological polar surface area (TPSA) is 77.2 Å². The average molecular weight is 357 g/mol. The second-order valence-electron chi connectivity index (χ2n) is 5.72. The third-order valence-corrected chi connectivity index (χ3v) is 4.13. The molecule has 3 rings (SSSR count). The summed E-state index contributed by atoms with van der Waals surface area (Å²) in [7, 11) is 0.